The molecule has 0 radical (unpaired) electrons. The fraction of sp³-hybridized carbons (Fsp3) is 0.361. The van der Waals surface area contributed by atoms with Crippen molar-refractivity contribution < 1.29 is 23.3 Å². The molecule has 0 atom stereocenters. The summed E-state index contributed by atoms with van der Waals surface area (Å²) < 4.78 is 181. The summed E-state index contributed by atoms with van der Waals surface area (Å²) in [7, 11) is 0. The van der Waals surface area contributed by atoms with Gasteiger partial charge in [-0.05, 0) is 256 Å². The molecule has 0 unspecified atom stereocenters. The fourth-order valence-electron chi connectivity index (χ4n) is 18.9. The average molecular weight is 1690 g/mol. The smallest absolute Gasteiger partial charge is 0.252 e. The zero-order valence-corrected chi connectivity index (χ0v) is 81.6. The predicted octanol–water partition coefficient (Wildman–Crippen LogP) is 32.9. The monoisotopic (exact) mass is 1690 g/mol. The van der Waals surface area contributed by atoms with E-state index in [4.69, 9.17) is 0 Å². The Kier molecular flexibility index (Phi) is 16.3. The first-order valence-corrected chi connectivity index (χ1v) is 45.6. The van der Waals surface area contributed by atoms with E-state index in [1.54, 1.807) is 0 Å². The van der Waals surface area contributed by atoms with Crippen molar-refractivity contribution >= 4 is 101 Å². The summed E-state index contributed by atoms with van der Waals surface area (Å²) in [6.45, 7) is 68.9. The second-order valence-electron chi connectivity index (χ2n) is 47.5. The van der Waals surface area contributed by atoms with Crippen molar-refractivity contribution in [3.63, 3.8) is 0 Å². The highest BCUT2D eigenvalue weighted by atomic mass is 15.2. The first-order chi connectivity index (χ1) is 66.1. The van der Waals surface area contributed by atoms with E-state index >= 15 is 0 Å². The van der Waals surface area contributed by atoms with Crippen molar-refractivity contribution in [3.05, 3.63) is 303 Å². The number of fused-ring (bicyclic) bond motifs is 10. The van der Waals surface area contributed by atoms with Crippen LogP contribution in [0.25, 0.3) is 99.5 Å². The molecule has 650 valence electrons. The maximum Gasteiger partial charge on any atom is 0.252 e. The summed E-state index contributed by atoms with van der Waals surface area (Å²) in [5.74, 6) is 0. The molecule has 5 heteroatoms. The number of nitrogens with zero attached hydrogens (tertiary/aromatic N) is 4. The van der Waals surface area contributed by atoms with Gasteiger partial charge in [-0.25, -0.2) is 0 Å². The molecule has 13 aromatic carbocycles. The van der Waals surface area contributed by atoms with Crippen LogP contribution in [0.3, 0.4) is 0 Å². The van der Waals surface area contributed by atoms with E-state index in [0.717, 1.165) is 94.4 Å². The van der Waals surface area contributed by atoms with Gasteiger partial charge >= 0.3 is 0 Å². The molecule has 0 N–H and O–H groups in total. The molecule has 0 saturated heterocycles. The summed E-state index contributed by atoms with van der Waals surface area (Å²) in [4.78, 5) is 4.50. The van der Waals surface area contributed by atoms with Gasteiger partial charge in [0.2, 0.25) is 0 Å². The largest absolute Gasteiger partial charge is 0.310 e. The third-order valence-corrected chi connectivity index (χ3v) is 26.3. The van der Waals surface area contributed by atoms with Gasteiger partial charge < -0.3 is 18.9 Å². The van der Waals surface area contributed by atoms with Crippen molar-refractivity contribution in [2.24, 2.45) is 0 Å². The van der Waals surface area contributed by atoms with Gasteiger partial charge in [0.15, 0.2) is 0 Å². The SMILES string of the molecule is [2H]c1c([2H])c(C(C)(C)C)c([2H])c([2H])c1-c1c([2H])c(C(C)(C)C)c([2H])c(-c2c([2H])c(C(C)(C)C)c([2H])c([2H])c2C(C)(C)C)c1N1c2cc(-n3c4c([2H])c([2H])c([2H])c([2H])c4c4c([2H])c([2H])c([2H])c([2H])c43)ccc2B2c3ccc(-n4c5ccc(C(C)(C)C)cc5c5cc(C(C)(C)C)ccc54)cc3N(c3c(-c4ccccc4C(C)(C)C)cc(C(C)(C)C)cc3-c3ccc(C(C)(C)C)cc3C(C)(C)C)c3cc(C(C)(C)C)cc1c32. The van der Waals surface area contributed by atoms with Crippen molar-refractivity contribution in [2.45, 2.75) is 288 Å². The molecule has 4 nitrogen and oxygen atoms in total. The van der Waals surface area contributed by atoms with Gasteiger partial charge in [0.25, 0.3) is 6.71 Å². The van der Waals surface area contributed by atoms with E-state index < -0.39 is 110 Å². The van der Waals surface area contributed by atoms with E-state index in [9.17, 15) is 23.3 Å². The molecule has 17 rings (SSSR count). The molecule has 0 fully saturated rings. The van der Waals surface area contributed by atoms with Crippen LogP contribution in [0.5, 0.6) is 0 Å². The summed E-state index contributed by atoms with van der Waals surface area (Å²) in [6.07, 6.45) is 0. The van der Waals surface area contributed by atoms with Crippen LogP contribution in [0.15, 0.2) is 242 Å². The number of aromatic nitrogens is 2. The van der Waals surface area contributed by atoms with Crippen molar-refractivity contribution in [1.82, 2.24) is 9.13 Å². The van der Waals surface area contributed by atoms with Crippen LogP contribution in [0.4, 0.5) is 34.1 Å². The highest BCUT2D eigenvalue weighted by molar-refractivity contribution is 7.00. The zero-order valence-electron chi connectivity index (χ0n) is 98.6. The van der Waals surface area contributed by atoms with Crippen LogP contribution >= 0.6 is 0 Å². The molecule has 127 heavy (non-hydrogen) atoms. The Labute approximate surface area is 786 Å². The first kappa shape index (κ1) is 69.2. The number of benzene rings is 13. The normalized spacial score (nSPS) is 15.9. The van der Waals surface area contributed by atoms with E-state index in [2.05, 4.69) is 276 Å². The number of rotatable bonds is 8. The molecule has 4 heterocycles. The Morgan fingerprint density at radius 1 is 0.236 bits per heavy atom. The molecule has 2 aliphatic heterocycles. The lowest BCUT2D eigenvalue weighted by Gasteiger charge is -2.47. The van der Waals surface area contributed by atoms with Crippen LogP contribution in [0, 0.1) is 0 Å². The third kappa shape index (κ3) is 15.5. The summed E-state index contributed by atoms with van der Waals surface area (Å²) in [5.41, 5.74) is 11.7. The summed E-state index contributed by atoms with van der Waals surface area (Å²) in [6, 6.07) is 43.7. The third-order valence-electron chi connectivity index (χ3n) is 26.3. The topological polar surface area (TPSA) is 16.3 Å². The highest BCUT2D eigenvalue weighted by Crippen LogP contribution is 2.59. The molecule has 0 aliphatic carbocycles. The predicted molar refractivity (Wildman–Crippen MR) is 557 cm³/mol. The molecular weight excluding hydrogens is 1530 g/mol. The second kappa shape index (κ2) is 29.9. The lowest BCUT2D eigenvalue weighted by molar-refractivity contribution is 0.569. The fourth-order valence-corrected chi connectivity index (χ4v) is 18.9. The van der Waals surface area contributed by atoms with E-state index in [0.29, 0.717) is 22.3 Å². The van der Waals surface area contributed by atoms with Gasteiger partial charge in [-0.3, -0.25) is 0 Å². The minimum Gasteiger partial charge on any atom is -0.310 e. The van der Waals surface area contributed by atoms with E-state index in [1.165, 1.54) is 15.7 Å². The van der Waals surface area contributed by atoms with Crippen LogP contribution < -0.4 is 26.2 Å². The molecule has 15 aromatic rings. The first-order valence-electron chi connectivity index (χ1n) is 54.1. The quantitative estimate of drug-likeness (QED) is 0.141. The van der Waals surface area contributed by atoms with Crippen molar-refractivity contribution in [2.75, 3.05) is 9.80 Å². The van der Waals surface area contributed by atoms with Gasteiger partial charge in [-0.1, -0.05) is 374 Å². The Morgan fingerprint density at radius 2 is 0.622 bits per heavy atom. The van der Waals surface area contributed by atoms with Crippen molar-refractivity contribution in [3.8, 4) is 55.9 Å². The lowest BCUT2D eigenvalue weighted by atomic mass is 9.33. The van der Waals surface area contributed by atoms with Gasteiger partial charge in [-0.15, -0.1) is 0 Å². The minimum atomic E-state index is -1.20. The standard InChI is InChI=1S/C122H139BN4/c1-112(2,3)75-48-46-74(47-49-75)89-65-80(117(16,17)18)68-95(90-62-76(113(4,5)6)51-57-97(90)121(28,29)30)110(89)126-105-72-83(124-101-44-38-35-41-87(101)88-42-36-39-45-102(88)124)54-58-99(105)123-100-59-55-84(125-103-60-52-77(114(7,8)9)63-91(103)92-64-78(115(10,11)12)53-61-104(92)125)73-106(100)127(108-71-82(119(22,23)24)70-107(126)109(108)123)111-93(85-40-34-37-43-96(85)120(25,26)27)66-81(118(19,20)21)67-94(111)86-56-50-79(116(13,14)15)69-98(86)122(31,32)33/h34-73H,1-33H3/i35D,36D,38D,39D,41D,42D,44D,45D,46D,47D,48D,49D,51D,57D,62D,65D,68D. The van der Waals surface area contributed by atoms with Gasteiger partial charge in [0.05, 0.1) is 56.7 Å². The Hall–Kier alpha value is -10.9. The lowest BCUT2D eigenvalue weighted by Crippen LogP contribution is -2.61. The number of anilines is 6. The number of hydrogen-bond donors (Lipinski definition) is 0. The van der Waals surface area contributed by atoms with Crippen LogP contribution in [-0.4, -0.2) is 15.8 Å². The molecule has 0 amide bonds. The van der Waals surface area contributed by atoms with E-state index in [1.807, 2.05) is 106 Å². The van der Waals surface area contributed by atoms with Crippen LogP contribution in [0.2, 0.25) is 0 Å². The Morgan fingerprint density at radius 3 is 1.08 bits per heavy atom. The maximum atomic E-state index is 11.9. The summed E-state index contributed by atoms with van der Waals surface area (Å²) in [5, 5.41) is 1.84. The molecule has 0 spiro atoms. The zero-order chi connectivity index (χ0) is 106. The molecule has 2 aromatic heterocycles. The van der Waals surface area contributed by atoms with Crippen LogP contribution in [0.1, 0.15) is 313 Å². The van der Waals surface area contributed by atoms with Gasteiger partial charge in [0.1, 0.15) is 0 Å². The molecular formula is C122H139BN4. The summed E-state index contributed by atoms with van der Waals surface area (Å²) >= 11 is 0. The average Bonchev–Trinajstić information content (AvgIpc) is 0.790. The van der Waals surface area contributed by atoms with Crippen LogP contribution in [-0.2, 0) is 59.6 Å². The molecule has 2 aliphatic rings. The second-order valence-corrected chi connectivity index (χ2v) is 47.5. The molecule has 0 bridgehead atoms. The minimum absolute atomic E-state index is 0.0240. The number of hydrogen-bond acceptors (Lipinski definition) is 2. The Balaban J connectivity index is 1.21. The highest BCUT2D eigenvalue weighted by Gasteiger charge is 2.48. The van der Waals surface area contributed by atoms with E-state index in [-0.39, 0.29) is 142 Å². The number of para-hydroxylation sites is 2. The van der Waals surface area contributed by atoms with Gasteiger partial charge in [-0.2, -0.15) is 0 Å². The molecule has 0 saturated carbocycles. The van der Waals surface area contributed by atoms with Crippen molar-refractivity contribution in [1.29, 1.82) is 0 Å². The van der Waals surface area contributed by atoms with Gasteiger partial charge in [0, 0.05) is 77.9 Å². The maximum absolute atomic E-state index is 11.9. The Bertz CT molecular complexity index is 7870.